The van der Waals surface area contributed by atoms with Gasteiger partial charge in [0.15, 0.2) is 12.0 Å². The molecular formula is C19H24N4O4. The Labute approximate surface area is 157 Å². The minimum absolute atomic E-state index is 0.213. The predicted molar refractivity (Wildman–Crippen MR) is 102 cm³/mol. The first-order valence-electron chi connectivity index (χ1n) is 9.04. The fourth-order valence-corrected chi connectivity index (χ4v) is 2.57. The number of nitrogens with zero attached hydrogens (tertiary/aromatic N) is 1. The summed E-state index contributed by atoms with van der Waals surface area (Å²) < 4.78 is 16.6. The molecule has 0 unspecified atom stereocenters. The van der Waals surface area contributed by atoms with E-state index in [9.17, 15) is 4.79 Å². The number of ether oxygens (including phenoxy) is 3. The van der Waals surface area contributed by atoms with Crippen molar-refractivity contribution in [1.82, 2.24) is 15.5 Å². The fraction of sp³-hybridized carbons (Fsp3) is 0.368. The maximum absolute atomic E-state index is 11.4. The second-order valence-corrected chi connectivity index (χ2v) is 5.99. The van der Waals surface area contributed by atoms with E-state index in [1.54, 1.807) is 18.5 Å². The summed E-state index contributed by atoms with van der Waals surface area (Å²) in [5, 5.41) is 12.4. The summed E-state index contributed by atoms with van der Waals surface area (Å²) in [6.07, 6.45) is 13.6. The van der Waals surface area contributed by atoms with Gasteiger partial charge in [0.25, 0.3) is 5.56 Å². The Hall–Kier alpha value is -3.00. The maximum Gasteiger partial charge on any atom is 0.321 e. The minimum Gasteiger partial charge on any atom is -0.462 e. The average molecular weight is 372 g/mol. The van der Waals surface area contributed by atoms with Crippen LogP contribution < -0.4 is 16.2 Å². The highest BCUT2D eigenvalue weighted by molar-refractivity contribution is 5.38. The molecule has 3 N–H and O–H groups in total. The zero-order valence-corrected chi connectivity index (χ0v) is 15.1. The van der Waals surface area contributed by atoms with E-state index in [1.165, 1.54) is 6.26 Å². The van der Waals surface area contributed by atoms with E-state index in [0.717, 1.165) is 37.1 Å². The smallest absolute Gasteiger partial charge is 0.321 e. The number of aromatic nitrogens is 2. The molecule has 0 amide bonds. The maximum atomic E-state index is 11.4. The SMILES string of the molecule is O=c1[nH]nccc1NCCCNCCOC1=COC(C2=CC=CCC2)=CO1. The molecule has 1 aromatic rings. The Bertz CT molecular complexity index is 795. The van der Waals surface area contributed by atoms with Crippen molar-refractivity contribution in [3.8, 4) is 0 Å². The molecule has 27 heavy (non-hydrogen) atoms. The molecule has 8 heteroatoms. The molecule has 0 radical (unpaired) electrons. The lowest BCUT2D eigenvalue weighted by Crippen LogP contribution is -2.23. The standard InChI is InChI=1S/C19H24N4O4/c24-19-16(7-10-22-23-19)21-9-4-8-20-11-12-25-18-14-26-17(13-27-18)15-5-2-1-3-6-15/h1-2,5,7,10,13-14,20H,3-4,6,8-9,11-12H2,(H,21,22)(H,23,24). The minimum atomic E-state index is -0.213. The van der Waals surface area contributed by atoms with Crippen molar-refractivity contribution < 1.29 is 14.2 Å². The molecule has 2 heterocycles. The summed E-state index contributed by atoms with van der Waals surface area (Å²) >= 11 is 0. The van der Waals surface area contributed by atoms with E-state index in [1.807, 2.05) is 12.2 Å². The summed E-state index contributed by atoms with van der Waals surface area (Å²) in [5.41, 5.74) is 1.44. The Kier molecular flexibility index (Phi) is 7.11. The van der Waals surface area contributed by atoms with E-state index >= 15 is 0 Å². The van der Waals surface area contributed by atoms with E-state index in [4.69, 9.17) is 14.2 Å². The molecule has 1 aromatic heterocycles. The van der Waals surface area contributed by atoms with Gasteiger partial charge in [0, 0.05) is 19.3 Å². The van der Waals surface area contributed by atoms with Crippen LogP contribution in [0.1, 0.15) is 19.3 Å². The van der Waals surface area contributed by atoms with Crippen LogP contribution in [0.2, 0.25) is 0 Å². The lowest BCUT2D eigenvalue weighted by atomic mass is 10.0. The molecule has 0 aromatic carbocycles. The molecule has 0 saturated heterocycles. The van der Waals surface area contributed by atoms with Crippen molar-refractivity contribution in [1.29, 1.82) is 0 Å². The number of hydrogen-bond acceptors (Lipinski definition) is 7. The zero-order valence-electron chi connectivity index (χ0n) is 15.1. The number of allylic oxidation sites excluding steroid dienone is 4. The third-order valence-corrected chi connectivity index (χ3v) is 3.99. The van der Waals surface area contributed by atoms with Gasteiger partial charge in [-0.05, 0) is 37.4 Å². The molecule has 8 nitrogen and oxygen atoms in total. The van der Waals surface area contributed by atoms with Gasteiger partial charge in [0.05, 0.1) is 0 Å². The molecule has 0 bridgehead atoms. The molecule has 3 rings (SSSR count). The monoisotopic (exact) mass is 372 g/mol. The first-order valence-corrected chi connectivity index (χ1v) is 9.04. The van der Waals surface area contributed by atoms with Crippen LogP contribution in [-0.2, 0) is 14.2 Å². The highest BCUT2D eigenvalue weighted by atomic mass is 16.7. The van der Waals surface area contributed by atoms with E-state index in [2.05, 4.69) is 26.9 Å². The molecule has 1 aliphatic carbocycles. The van der Waals surface area contributed by atoms with Crippen LogP contribution in [-0.4, -0.2) is 36.4 Å². The van der Waals surface area contributed by atoms with Crippen molar-refractivity contribution in [2.75, 3.05) is 31.6 Å². The van der Waals surface area contributed by atoms with Gasteiger partial charge in [0.2, 0.25) is 0 Å². The number of anilines is 1. The summed E-state index contributed by atoms with van der Waals surface area (Å²) in [6.45, 7) is 2.66. The van der Waals surface area contributed by atoms with E-state index in [-0.39, 0.29) is 5.56 Å². The van der Waals surface area contributed by atoms with Gasteiger partial charge in [-0.15, -0.1) is 0 Å². The summed E-state index contributed by atoms with van der Waals surface area (Å²) in [5.74, 6) is 1.08. The lowest BCUT2D eigenvalue weighted by molar-refractivity contribution is 0.0540. The van der Waals surface area contributed by atoms with Crippen LogP contribution in [0.25, 0.3) is 0 Å². The quantitative estimate of drug-likeness (QED) is 0.541. The fourth-order valence-electron chi connectivity index (χ4n) is 2.57. The molecule has 144 valence electrons. The topological polar surface area (TPSA) is 97.5 Å². The van der Waals surface area contributed by atoms with Gasteiger partial charge in [-0.3, -0.25) is 4.79 Å². The van der Waals surface area contributed by atoms with Crippen molar-refractivity contribution in [3.63, 3.8) is 0 Å². The number of hydrogen-bond donors (Lipinski definition) is 3. The number of aromatic amines is 1. The highest BCUT2D eigenvalue weighted by Crippen LogP contribution is 2.25. The van der Waals surface area contributed by atoms with Gasteiger partial charge >= 0.3 is 5.95 Å². The second kappa shape index (κ2) is 10.2. The molecule has 2 aliphatic rings. The Balaban J connectivity index is 1.22. The van der Waals surface area contributed by atoms with Gasteiger partial charge in [0.1, 0.15) is 18.6 Å². The van der Waals surface area contributed by atoms with Crippen molar-refractivity contribution >= 4 is 5.69 Å². The molecular weight excluding hydrogens is 348 g/mol. The first kappa shape index (κ1) is 18.8. The Morgan fingerprint density at radius 3 is 2.96 bits per heavy atom. The van der Waals surface area contributed by atoms with Crippen LogP contribution in [0.4, 0.5) is 5.69 Å². The summed E-state index contributed by atoms with van der Waals surface area (Å²) in [6, 6.07) is 1.65. The third kappa shape index (κ3) is 6.03. The highest BCUT2D eigenvalue weighted by Gasteiger charge is 2.14. The van der Waals surface area contributed by atoms with Crippen LogP contribution >= 0.6 is 0 Å². The summed E-state index contributed by atoms with van der Waals surface area (Å²) in [7, 11) is 0. The van der Waals surface area contributed by atoms with Crippen LogP contribution in [0.15, 0.2) is 65.1 Å². The van der Waals surface area contributed by atoms with Gasteiger partial charge in [-0.1, -0.05) is 18.2 Å². The van der Waals surface area contributed by atoms with Crippen molar-refractivity contribution in [2.45, 2.75) is 19.3 Å². The Morgan fingerprint density at radius 2 is 2.19 bits per heavy atom. The average Bonchev–Trinajstić information content (AvgIpc) is 2.72. The van der Waals surface area contributed by atoms with Crippen molar-refractivity contribution in [3.05, 3.63) is 70.6 Å². The number of nitrogens with one attached hydrogen (secondary N) is 3. The normalized spacial score (nSPS) is 15.8. The summed E-state index contributed by atoms with van der Waals surface area (Å²) in [4.78, 5) is 11.4. The molecule has 0 saturated carbocycles. The number of rotatable bonds is 10. The molecule has 0 spiro atoms. The predicted octanol–water partition coefficient (Wildman–Crippen LogP) is 2.14. The Morgan fingerprint density at radius 1 is 1.22 bits per heavy atom. The van der Waals surface area contributed by atoms with Crippen LogP contribution in [0.3, 0.4) is 0 Å². The van der Waals surface area contributed by atoms with Gasteiger partial charge < -0.3 is 24.8 Å². The molecule has 0 fully saturated rings. The van der Waals surface area contributed by atoms with Crippen LogP contribution in [0.5, 0.6) is 0 Å². The second-order valence-electron chi connectivity index (χ2n) is 5.99. The zero-order chi connectivity index (χ0) is 18.7. The molecule has 1 aliphatic heterocycles. The van der Waals surface area contributed by atoms with Gasteiger partial charge in [-0.2, -0.15) is 5.10 Å². The largest absolute Gasteiger partial charge is 0.462 e. The third-order valence-electron chi connectivity index (χ3n) is 3.99. The van der Waals surface area contributed by atoms with Crippen molar-refractivity contribution in [2.24, 2.45) is 0 Å². The lowest BCUT2D eigenvalue weighted by Gasteiger charge is -2.18. The molecule has 0 atom stereocenters. The van der Waals surface area contributed by atoms with E-state index in [0.29, 0.717) is 31.3 Å². The van der Waals surface area contributed by atoms with Gasteiger partial charge in [-0.25, -0.2) is 5.10 Å². The van der Waals surface area contributed by atoms with E-state index < -0.39 is 0 Å². The number of H-pyrrole nitrogens is 1. The first-order chi connectivity index (χ1) is 13.3. The van der Waals surface area contributed by atoms with Crippen LogP contribution in [0, 0.1) is 0 Å².